The van der Waals surface area contributed by atoms with Crippen LogP contribution in [0.2, 0.25) is 0 Å². The average molecular weight is 653 g/mol. The topological polar surface area (TPSA) is 40.9 Å². The minimum Gasteiger partial charge on any atom is -0.311 e. The van der Waals surface area contributed by atoms with Crippen molar-refractivity contribution in [2.45, 2.75) is 19.3 Å². The highest BCUT2D eigenvalue weighted by Crippen LogP contribution is 2.34. The minimum absolute atomic E-state index is 0.302. The summed E-state index contributed by atoms with van der Waals surface area (Å²) < 4.78 is 0. The molecule has 0 N–H and O–H groups in total. The van der Waals surface area contributed by atoms with E-state index in [1.54, 1.807) is 0 Å². The van der Waals surface area contributed by atoms with E-state index in [0.717, 1.165) is 58.6 Å². The van der Waals surface area contributed by atoms with E-state index in [0.29, 0.717) is 23.7 Å². The van der Waals surface area contributed by atoms with Crippen molar-refractivity contribution < 1.29 is 0 Å². The van der Waals surface area contributed by atoms with E-state index in [1.807, 2.05) is 67.6 Å². The highest BCUT2D eigenvalue weighted by atomic mass is 15.2. The van der Waals surface area contributed by atoms with Gasteiger partial charge >= 0.3 is 0 Å². The zero-order chi connectivity index (χ0) is 34.9. The van der Waals surface area contributed by atoms with Gasteiger partial charge in [0.05, 0.1) is 0 Å². The number of aromatic nitrogens is 1. The fourth-order valence-electron chi connectivity index (χ4n) is 6.55. The van der Waals surface area contributed by atoms with Gasteiger partial charge in [0.25, 0.3) is 0 Å². The third kappa shape index (κ3) is 8.22. The highest BCUT2D eigenvalue weighted by Gasteiger charge is 2.24. The van der Waals surface area contributed by atoms with Crippen molar-refractivity contribution in [3.63, 3.8) is 0 Å². The summed E-state index contributed by atoms with van der Waals surface area (Å²) in [6.45, 7) is 21.2. The van der Waals surface area contributed by atoms with Crippen molar-refractivity contribution in [2.75, 3.05) is 0 Å². The molecule has 4 atom stereocenters. The standard InChI is InChI=1S/C46H44N4/c1-6-36-26-38(30-49-29-36)25-34(4)33(3)11-12-35(5)50(45(7-2)10-8-9-37-13-14-43-31-47-23-21-41(43)27-37)46-19-17-39(18-20-46)40-15-16-44-32-48-24-22-42(44)28-40/h6-12,14-17,19-25,27-32,37,39,42,44H,1-5,13,18,26H2/b9-8+,12-11-,38-25+,45-10+/t37?,39?,42?,44-/m0/s1. The molecule has 1 aromatic rings. The predicted molar refractivity (Wildman–Crippen MR) is 213 cm³/mol. The molecule has 0 saturated heterocycles. The maximum absolute atomic E-state index is 4.51. The fourth-order valence-corrected chi connectivity index (χ4v) is 6.55. The molecule has 3 unspecified atom stereocenters. The Morgan fingerprint density at radius 1 is 0.900 bits per heavy atom. The van der Waals surface area contributed by atoms with E-state index >= 15 is 0 Å². The highest BCUT2D eigenvalue weighted by molar-refractivity contribution is 5.82. The van der Waals surface area contributed by atoms with Crippen LogP contribution in [-0.2, 0) is 0 Å². The van der Waals surface area contributed by atoms with Gasteiger partial charge in [0.15, 0.2) is 0 Å². The lowest BCUT2D eigenvalue weighted by Gasteiger charge is -2.31. The van der Waals surface area contributed by atoms with E-state index < -0.39 is 0 Å². The Kier molecular flexibility index (Phi) is 10.9. The quantitative estimate of drug-likeness (QED) is 0.212. The van der Waals surface area contributed by atoms with Crippen LogP contribution in [-0.4, -0.2) is 22.3 Å². The first-order chi connectivity index (χ1) is 24.4. The van der Waals surface area contributed by atoms with Gasteiger partial charge < -0.3 is 4.90 Å². The minimum atomic E-state index is 0.302. The SMILES string of the molecule is C=CC1=CN=C/C(=C/C(=C)C(=C)/C=C\C(=C)N(C2=CCC(C3=CC4C=CN=C[C@@H]4C=C3)C=C2)/C(C=C)=C/C=C/C2C=c3ccncc3=CC2)C1. The Morgan fingerprint density at radius 3 is 2.62 bits per heavy atom. The number of hydrogen-bond donors (Lipinski definition) is 0. The van der Waals surface area contributed by atoms with Crippen LogP contribution >= 0.6 is 0 Å². The van der Waals surface area contributed by atoms with Crippen LogP contribution in [0.5, 0.6) is 0 Å². The van der Waals surface area contributed by atoms with Crippen LogP contribution < -0.4 is 10.4 Å². The molecule has 0 fully saturated rings. The molecule has 6 rings (SSSR count). The normalized spacial score (nSPS) is 24.4. The number of fused-ring (bicyclic) bond motifs is 2. The lowest BCUT2D eigenvalue weighted by molar-refractivity contribution is 0.565. The summed E-state index contributed by atoms with van der Waals surface area (Å²) in [5, 5.41) is 2.41. The van der Waals surface area contributed by atoms with E-state index in [4.69, 9.17) is 0 Å². The number of aliphatic imine (C=N–C) groups is 2. The van der Waals surface area contributed by atoms with Gasteiger partial charge in [-0.15, -0.1) is 0 Å². The zero-order valence-corrected chi connectivity index (χ0v) is 28.6. The summed E-state index contributed by atoms with van der Waals surface area (Å²) in [4.78, 5) is 15.1. The number of pyridine rings is 1. The summed E-state index contributed by atoms with van der Waals surface area (Å²) in [5.41, 5.74) is 7.87. The third-order valence-electron chi connectivity index (χ3n) is 9.43. The average Bonchev–Trinajstić information content (AvgIpc) is 3.16. The van der Waals surface area contributed by atoms with Crippen molar-refractivity contribution >= 4 is 24.6 Å². The Labute approximate surface area is 296 Å². The van der Waals surface area contributed by atoms with Crippen LogP contribution in [0.25, 0.3) is 12.2 Å². The molecule has 0 aromatic carbocycles. The lowest BCUT2D eigenvalue weighted by Crippen LogP contribution is -2.28. The molecule has 4 heteroatoms. The van der Waals surface area contributed by atoms with Crippen LogP contribution in [0.4, 0.5) is 0 Å². The second-order valence-electron chi connectivity index (χ2n) is 12.9. The van der Waals surface area contributed by atoms with Gasteiger partial charge in [-0.3, -0.25) is 15.0 Å². The van der Waals surface area contributed by atoms with Gasteiger partial charge in [-0.05, 0) is 93.5 Å². The predicted octanol–water partition coefficient (Wildman–Crippen LogP) is 9.03. The van der Waals surface area contributed by atoms with Crippen molar-refractivity contribution in [1.82, 2.24) is 9.88 Å². The number of hydrogen-bond acceptors (Lipinski definition) is 4. The Morgan fingerprint density at radius 2 is 1.80 bits per heavy atom. The molecule has 0 spiro atoms. The first-order valence-corrected chi connectivity index (χ1v) is 17.1. The maximum Gasteiger partial charge on any atom is 0.0455 e. The van der Waals surface area contributed by atoms with Crippen LogP contribution in [0, 0.1) is 23.7 Å². The monoisotopic (exact) mass is 652 g/mol. The first-order valence-electron chi connectivity index (χ1n) is 17.1. The van der Waals surface area contributed by atoms with Crippen molar-refractivity contribution in [1.29, 1.82) is 0 Å². The number of nitrogens with zero attached hydrogens (tertiary/aromatic N) is 4. The van der Waals surface area contributed by atoms with Gasteiger partial charge in [0.1, 0.15) is 0 Å². The van der Waals surface area contributed by atoms with Crippen molar-refractivity contribution in [2.24, 2.45) is 33.7 Å². The summed E-state index contributed by atoms with van der Waals surface area (Å²) in [5.74, 6) is 1.31. The fraction of sp³-hybridized carbons (Fsp3) is 0.152. The number of rotatable bonds is 12. The van der Waals surface area contributed by atoms with E-state index in [2.05, 4.69) is 132 Å². The summed E-state index contributed by atoms with van der Waals surface area (Å²) in [7, 11) is 0. The Hall–Kier alpha value is -5.87. The molecule has 50 heavy (non-hydrogen) atoms. The van der Waals surface area contributed by atoms with Gasteiger partial charge in [-0.2, -0.15) is 0 Å². The Balaban J connectivity index is 1.22. The molecule has 3 aliphatic carbocycles. The molecule has 2 aliphatic heterocycles. The molecule has 1 aromatic heterocycles. The zero-order valence-electron chi connectivity index (χ0n) is 28.6. The molecule has 0 radical (unpaired) electrons. The van der Waals surface area contributed by atoms with Crippen LogP contribution in [0.1, 0.15) is 19.3 Å². The molecule has 0 bridgehead atoms. The first kappa shape index (κ1) is 34.0. The second-order valence-corrected chi connectivity index (χ2v) is 12.9. The molecule has 3 heterocycles. The van der Waals surface area contributed by atoms with Crippen molar-refractivity contribution in [3.8, 4) is 0 Å². The third-order valence-corrected chi connectivity index (χ3v) is 9.43. The maximum atomic E-state index is 4.51. The number of allylic oxidation sites excluding steroid dienone is 20. The molecular formula is C46H44N4. The Bertz CT molecular complexity index is 2090. The van der Waals surface area contributed by atoms with Crippen molar-refractivity contribution in [3.05, 3.63) is 210 Å². The summed E-state index contributed by atoms with van der Waals surface area (Å²) in [6, 6.07) is 2.07. The van der Waals surface area contributed by atoms with Crippen LogP contribution in [0.3, 0.4) is 0 Å². The molecular weight excluding hydrogens is 609 g/mol. The van der Waals surface area contributed by atoms with Gasteiger partial charge in [-0.1, -0.05) is 106 Å². The smallest absolute Gasteiger partial charge is 0.0455 e. The van der Waals surface area contributed by atoms with E-state index in [9.17, 15) is 0 Å². The molecule has 4 nitrogen and oxygen atoms in total. The van der Waals surface area contributed by atoms with E-state index in [1.165, 1.54) is 16.0 Å². The molecule has 5 aliphatic rings. The van der Waals surface area contributed by atoms with Gasteiger partial charge in [0, 0.05) is 78.5 Å². The second kappa shape index (κ2) is 16.0. The summed E-state index contributed by atoms with van der Waals surface area (Å²) >= 11 is 0. The van der Waals surface area contributed by atoms with Crippen LogP contribution in [0.15, 0.2) is 210 Å². The largest absolute Gasteiger partial charge is 0.311 e. The lowest BCUT2D eigenvalue weighted by atomic mass is 9.80. The van der Waals surface area contributed by atoms with Gasteiger partial charge in [-0.25, -0.2) is 0 Å². The molecule has 248 valence electrons. The van der Waals surface area contributed by atoms with E-state index in [-0.39, 0.29) is 0 Å². The van der Waals surface area contributed by atoms with Gasteiger partial charge in [0.2, 0.25) is 0 Å². The summed E-state index contributed by atoms with van der Waals surface area (Å²) in [6.07, 6.45) is 50.6. The molecule has 0 saturated carbocycles. The molecule has 0 amide bonds.